The van der Waals surface area contributed by atoms with Crippen LogP contribution >= 0.6 is 0 Å². The van der Waals surface area contributed by atoms with Crippen molar-refractivity contribution in [1.29, 1.82) is 0 Å². The average Bonchev–Trinajstić information content (AvgIpc) is 2.88. The Morgan fingerprint density at radius 2 is 1.56 bits per heavy atom. The first-order valence-electron chi connectivity index (χ1n) is 11.8. The molecule has 0 atom stereocenters. The van der Waals surface area contributed by atoms with Crippen LogP contribution in [-0.2, 0) is 17.8 Å². The summed E-state index contributed by atoms with van der Waals surface area (Å²) in [7, 11) is 0. The highest BCUT2D eigenvalue weighted by Crippen LogP contribution is 2.19. The lowest BCUT2D eigenvalue weighted by molar-refractivity contribution is -0.123. The van der Waals surface area contributed by atoms with Crippen LogP contribution in [0.2, 0.25) is 0 Å². The Labute approximate surface area is 200 Å². The van der Waals surface area contributed by atoms with Gasteiger partial charge in [0.15, 0.2) is 0 Å². The Balaban J connectivity index is 1.22. The van der Waals surface area contributed by atoms with E-state index in [9.17, 15) is 9.59 Å². The van der Waals surface area contributed by atoms with Crippen LogP contribution in [0.3, 0.4) is 0 Å². The standard InChI is InChI=1S/C28H31N3O3/c29-27(32)23-15-18-31(19-16-23)17-14-21-6-10-25(11-7-21)30-28(33)24-8-12-26(13-9-24)34-20-22-4-2-1-3-5-22/h1-13,23H,14-20H2,(H2,29,32)(H,30,33). The average molecular weight is 458 g/mol. The number of nitrogens with one attached hydrogen (secondary N) is 1. The van der Waals surface area contributed by atoms with Crippen molar-refractivity contribution in [3.8, 4) is 5.75 Å². The number of carbonyl (C=O) groups excluding carboxylic acids is 2. The maximum absolute atomic E-state index is 12.6. The van der Waals surface area contributed by atoms with E-state index in [1.165, 1.54) is 5.56 Å². The smallest absolute Gasteiger partial charge is 0.255 e. The monoisotopic (exact) mass is 457 g/mol. The molecule has 34 heavy (non-hydrogen) atoms. The highest BCUT2D eigenvalue weighted by Gasteiger charge is 2.22. The Hall–Kier alpha value is -3.64. The second-order valence-corrected chi connectivity index (χ2v) is 8.72. The van der Waals surface area contributed by atoms with Crippen LogP contribution in [0, 0.1) is 5.92 Å². The molecule has 6 heteroatoms. The quantitative estimate of drug-likeness (QED) is 0.503. The van der Waals surface area contributed by atoms with Crippen molar-refractivity contribution in [3.63, 3.8) is 0 Å². The lowest BCUT2D eigenvalue weighted by Crippen LogP contribution is -2.39. The van der Waals surface area contributed by atoms with Crippen molar-refractivity contribution in [2.45, 2.75) is 25.9 Å². The fourth-order valence-corrected chi connectivity index (χ4v) is 4.13. The van der Waals surface area contributed by atoms with Crippen molar-refractivity contribution in [3.05, 3.63) is 95.6 Å². The van der Waals surface area contributed by atoms with E-state index in [-0.39, 0.29) is 17.7 Å². The second-order valence-electron chi connectivity index (χ2n) is 8.72. The lowest BCUT2D eigenvalue weighted by atomic mass is 9.96. The zero-order valence-electron chi connectivity index (χ0n) is 19.3. The molecular weight excluding hydrogens is 426 g/mol. The fourth-order valence-electron chi connectivity index (χ4n) is 4.13. The van der Waals surface area contributed by atoms with Crippen LogP contribution in [0.25, 0.3) is 0 Å². The van der Waals surface area contributed by atoms with Crippen LogP contribution in [0.5, 0.6) is 5.75 Å². The molecule has 0 bridgehead atoms. The van der Waals surface area contributed by atoms with Crippen molar-refractivity contribution >= 4 is 17.5 Å². The number of nitrogens with zero attached hydrogens (tertiary/aromatic N) is 1. The molecule has 1 aliphatic rings. The van der Waals surface area contributed by atoms with E-state index in [2.05, 4.69) is 10.2 Å². The summed E-state index contributed by atoms with van der Waals surface area (Å²) in [5.74, 6) is 0.421. The van der Waals surface area contributed by atoms with Gasteiger partial charge in [-0.15, -0.1) is 0 Å². The van der Waals surface area contributed by atoms with Gasteiger partial charge in [0.05, 0.1) is 0 Å². The number of rotatable bonds is 9. The molecule has 1 heterocycles. The van der Waals surface area contributed by atoms with Crippen LogP contribution in [0.4, 0.5) is 5.69 Å². The lowest BCUT2D eigenvalue weighted by Gasteiger charge is -2.30. The fraction of sp³-hybridized carbons (Fsp3) is 0.286. The summed E-state index contributed by atoms with van der Waals surface area (Å²) in [6, 6.07) is 25.1. The first kappa shape index (κ1) is 23.5. The number of likely N-dealkylation sites (tertiary alicyclic amines) is 1. The van der Waals surface area contributed by atoms with E-state index in [0.29, 0.717) is 12.2 Å². The zero-order valence-corrected chi connectivity index (χ0v) is 19.3. The highest BCUT2D eigenvalue weighted by molar-refractivity contribution is 6.04. The van der Waals surface area contributed by atoms with Crippen LogP contribution < -0.4 is 15.8 Å². The third-order valence-electron chi connectivity index (χ3n) is 6.28. The van der Waals surface area contributed by atoms with Gasteiger partial charge in [0.2, 0.25) is 5.91 Å². The molecule has 1 fully saturated rings. The normalized spacial score (nSPS) is 14.5. The first-order valence-corrected chi connectivity index (χ1v) is 11.8. The molecule has 6 nitrogen and oxygen atoms in total. The SMILES string of the molecule is NC(=O)C1CCN(CCc2ccc(NC(=O)c3ccc(OCc4ccccc4)cc3)cc2)CC1. The van der Waals surface area contributed by atoms with E-state index < -0.39 is 0 Å². The van der Waals surface area contributed by atoms with E-state index in [1.54, 1.807) is 12.1 Å². The van der Waals surface area contributed by atoms with Crippen LogP contribution in [0.15, 0.2) is 78.9 Å². The third-order valence-corrected chi connectivity index (χ3v) is 6.28. The molecule has 0 spiro atoms. The van der Waals surface area contributed by atoms with Crippen molar-refractivity contribution < 1.29 is 14.3 Å². The minimum Gasteiger partial charge on any atom is -0.489 e. The molecule has 0 aliphatic carbocycles. The van der Waals surface area contributed by atoms with Gasteiger partial charge >= 0.3 is 0 Å². The Morgan fingerprint density at radius 1 is 0.882 bits per heavy atom. The van der Waals surface area contributed by atoms with Gasteiger partial charge in [0.25, 0.3) is 5.91 Å². The maximum Gasteiger partial charge on any atom is 0.255 e. The molecule has 1 saturated heterocycles. The molecule has 176 valence electrons. The summed E-state index contributed by atoms with van der Waals surface area (Å²) in [5, 5.41) is 2.95. The summed E-state index contributed by atoms with van der Waals surface area (Å²) in [6.45, 7) is 3.27. The van der Waals surface area contributed by atoms with E-state index in [0.717, 1.165) is 55.9 Å². The Morgan fingerprint density at radius 3 is 2.21 bits per heavy atom. The van der Waals surface area contributed by atoms with Gasteiger partial charge in [-0.2, -0.15) is 0 Å². The number of carbonyl (C=O) groups is 2. The second kappa shape index (κ2) is 11.5. The number of hydrogen-bond acceptors (Lipinski definition) is 4. The molecule has 2 amide bonds. The van der Waals surface area contributed by atoms with Gasteiger partial charge in [-0.3, -0.25) is 9.59 Å². The molecule has 4 rings (SSSR count). The number of ether oxygens (including phenoxy) is 1. The highest BCUT2D eigenvalue weighted by atomic mass is 16.5. The Bertz CT molecular complexity index is 1070. The maximum atomic E-state index is 12.6. The number of primary amides is 1. The van der Waals surface area contributed by atoms with Crippen molar-refractivity contribution in [2.75, 3.05) is 25.0 Å². The molecule has 1 aliphatic heterocycles. The topological polar surface area (TPSA) is 84.7 Å². The first-order chi connectivity index (χ1) is 16.6. The summed E-state index contributed by atoms with van der Waals surface area (Å²) >= 11 is 0. The predicted octanol–water partition coefficient (Wildman–Crippen LogP) is 4.26. The number of piperidine rings is 1. The van der Waals surface area contributed by atoms with Gasteiger partial charge in [-0.25, -0.2) is 0 Å². The molecule has 0 unspecified atom stereocenters. The van der Waals surface area contributed by atoms with Gasteiger partial charge in [-0.1, -0.05) is 42.5 Å². The molecule has 0 radical (unpaired) electrons. The van der Waals surface area contributed by atoms with Crippen LogP contribution in [0.1, 0.15) is 34.3 Å². The van der Waals surface area contributed by atoms with Crippen molar-refractivity contribution in [1.82, 2.24) is 4.90 Å². The van der Waals surface area contributed by atoms with Gasteiger partial charge < -0.3 is 20.7 Å². The number of hydrogen-bond donors (Lipinski definition) is 2. The molecular formula is C28H31N3O3. The van der Waals surface area contributed by atoms with E-state index >= 15 is 0 Å². The molecule has 3 aromatic carbocycles. The number of anilines is 1. The molecule has 0 aromatic heterocycles. The largest absolute Gasteiger partial charge is 0.489 e. The van der Waals surface area contributed by atoms with E-state index in [4.69, 9.17) is 10.5 Å². The summed E-state index contributed by atoms with van der Waals surface area (Å²) in [6.07, 6.45) is 2.63. The minimum absolute atomic E-state index is 0.0252. The minimum atomic E-state index is -0.176. The summed E-state index contributed by atoms with van der Waals surface area (Å²) in [4.78, 5) is 26.3. The zero-order chi connectivity index (χ0) is 23.8. The molecule has 0 saturated carbocycles. The van der Waals surface area contributed by atoms with Gasteiger partial charge in [0.1, 0.15) is 12.4 Å². The van der Waals surface area contributed by atoms with Crippen LogP contribution in [-0.4, -0.2) is 36.3 Å². The van der Waals surface area contributed by atoms with Crippen molar-refractivity contribution in [2.24, 2.45) is 11.7 Å². The van der Waals surface area contributed by atoms with Gasteiger partial charge in [0, 0.05) is 23.7 Å². The Kier molecular flexibility index (Phi) is 7.94. The summed E-state index contributed by atoms with van der Waals surface area (Å²) in [5.41, 5.74) is 9.07. The number of amides is 2. The third kappa shape index (κ3) is 6.68. The molecule has 3 N–H and O–H groups in total. The number of benzene rings is 3. The summed E-state index contributed by atoms with van der Waals surface area (Å²) < 4.78 is 5.78. The number of nitrogens with two attached hydrogens (primary N) is 1. The van der Waals surface area contributed by atoms with Gasteiger partial charge in [-0.05, 0) is 79.9 Å². The predicted molar refractivity (Wildman–Crippen MR) is 134 cm³/mol. The molecule has 3 aromatic rings. The van der Waals surface area contributed by atoms with E-state index in [1.807, 2.05) is 66.7 Å².